The van der Waals surface area contributed by atoms with Crippen molar-refractivity contribution in [1.29, 1.82) is 0 Å². The molecule has 164 valence electrons. The largest absolute Gasteiger partial charge is 0.490 e. The number of aromatic nitrogens is 2. The highest BCUT2D eigenvalue weighted by Gasteiger charge is 2.07. The van der Waals surface area contributed by atoms with Gasteiger partial charge in [0.2, 0.25) is 0 Å². The van der Waals surface area contributed by atoms with Crippen LogP contribution < -0.4 is 20.1 Å². The quantitative estimate of drug-likeness (QED) is 0.421. The maximum absolute atomic E-state index is 6.22. The van der Waals surface area contributed by atoms with E-state index in [0.717, 1.165) is 34.1 Å². The summed E-state index contributed by atoms with van der Waals surface area (Å²) in [6.07, 6.45) is 2.69. The summed E-state index contributed by atoms with van der Waals surface area (Å²) in [5, 5.41) is 12.1. The number of nitrogens with one attached hydrogen (secondary N) is 2. The molecule has 0 aliphatic carbocycles. The molecule has 0 atom stereocenters. The molecule has 0 saturated heterocycles. The Morgan fingerprint density at radius 2 is 1.84 bits per heavy atom. The van der Waals surface area contributed by atoms with Crippen LogP contribution in [0.25, 0.3) is 0 Å². The Kier molecular flexibility index (Phi) is 8.55. The van der Waals surface area contributed by atoms with Gasteiger partial charge in [0.15, 0.2) is 22.4 Å². The number of hydrogen-bond donors (Lipinski definition) is 2. The van der Waals surface area contributed by atoms with Gasteiger partial charge in [0.25, 0.3) is 0 Å². The van der Waals surface area contributed by atoms with Crippen LogP contribution in [0.1, 0.15) is 25.0 Å². The molecule has 0 radical (unpaired) electrons. The van der Waals surface area contributed by atoms with Gasteiger partial charge in [-0.3, -0.25) is 4.68 Å². The molecule has 3 rings (SSSR count). The van der Waals surface area contributed by atoms with E-state index in [1.165, 1.54) is 0 Å². The third-order valence-corrected chi connectivity index (χ3v) is 5.09. The van der Waals surface area contributed by atoms with Crippen LogP contribution in [0.3, 0.4) is 0 Å². The minimum Gasteiger partial charge on any atom is -0.490 e. The van der Waals surface area contributed by atoms with Crippen LogP contribution in [0.4, 0.5) is 5.82 Å². The molecule has 1 aromatic heterocycles. The Bertz CT molecular complexity index is 1010. The lowest BCUT2D eigenvalue weighted by Gasteiger charge is -2.13. The van der Waals surface area contributed by atoms with Gasteiger partial charge < -0.3 is 20.1 Å². The first-order valence-corrected chi connectivity index (χ1v) is 11.1. The minimum atomic E-state index is 0.527. The topological polar surface area (TPSA) is 60.3 Å². The first-order valence-electron chi connectivity index (χ1n) is 10.3. The Morgan fingerprint density at radius 1 is 1.06 bits per heavy atom. The molecular weight excluding hydrogens is 432 g/mol. The fourth-order valence-electron chi connectivity index (χ4n) is 3.05. The highest BCUT2D eigenvalue weighted by Crippen LogP contribution is 2.28. The lowest BCUT2D eigenvalue weighted by molar-refractivity contribution is 0.287. The van der Waals surface area contributed by atoms with E-state index in [9.17, 15) is 0 Å². The summed E-state index contributed by atoms with van der Waals surface area (Å²) in [4.78, 5) is 0. The molecule has 8 heteroatoms. The number of thiocarbonyl (C=S) groups is 1. The molecule has 2 N–H and O–H groups in total. The first kappa shape index (κ1) is 22.9. The van der Waals surface area contributed by atoms with Gasteiger partial charge >= 0.3 is 0 Å². The van der Waals surface area contributed by atoms with Crippen LogP contribution in [-0.4, -0.2) is 34.7 Å². The second-order valence-electron chi connectivity index (χ2n) is 6.77. The molecule has 3 aromatic rings. The Morgan fingerprint density at radius 3 is 2.61 bits per heavy atom. The molecular formula is C23H27ClN4O2S. The third-order valence-electron chi connectivity index (χ3n) is 4.48. The zero-order valence-corrected chi connectivity index (χ0v) is 19.3. The summed E-state index contributed by atoms with van der Waals surface area (Å²) in [7, 11) is 0. The average Bonchev–Trinajstić information content (AvgIpc) is 3.18. The van der Waals surface area contributed by atoms with Gasteiger partial charge in [-0.15, -0.1) is 0 Å². The molecule has 0 spiro atoms. The first-order chi connectivity index (χ1) is 15.1. The van der Waals surface area contributed by atoms with Crippen molar-refractivity contribution in [1.82, 2.24) is 15.1 Å². The van der Waals surface area contributed by atoms with Gasteiger partial charge in [0.1, 0.15) is 0 Å². The maximum Gasteiger partial charge on any atom is 0.172 e. The number of anilines is 1. The van der Waals surface area contributed by atoms with E-state index in [-0.39, 0.29) is 0 Å². The molecule has 31 heavy (non-hydrogen) atoms. The summed E-state index contributed by atoms with van der Waals surface area (Å²) in [5.74, 6) is 2.22. The van der Waals surface area contributed by atoms with Crippen LogP contribution in [0.15, 0.2) is 54.7 Å². The summed E-state index contributed by atoms with van der Waals surface area (Å²) < 4.78 is 13.1. The predicted molar refractivity (Wildman–Crippen MR) is 129 cm³/mol. The van der Waals surface area contributed by atoms with E-state index >= 15 is 0 Å². The normalized spacial score (nSPS) is 10.5. The van der Waals surface area contributed by atoms with Crippen molar-refractivity contribution in [2.24, 2.45) is 0 Å². The van der Waals surface area contributed by atoms with E-state index in [1.54, 1.807) is 0 Å². The number of rotatable bonds is 10. The van der Waals surface area contributed by atoms with E-state index in [1.807, 2.05) is 73.3 Å². The fourth-order valence-corrected chi connectivity index (χ4v) is 3.45. The number of nitrogens with zero attached hydrogens (tertiary/aromatic N) is 2. The van der Waals surface area contributed by atoms with E-state index in [2.05, 4.69) is 15.7 Å². The second kappa shape index (κ2) is 11.6. The predicted octanol–water partition coefficient (Wildman–Crippen LogP) is 4.91. The van der Waals surface area contributed by atoms with Crippen molar-refractivity contribution in [3.05, 3.63) is 70.9 Å². The highest BCUT2D eigenvalue weighted by molar-refractivity contribution is 7.80. The average molecular weight is 459 g/mol. The third kappa shape index (κ3) is 6.87. The van der Waals surface area contributed by atoms with Crippen LogP contribution in [0.5, 0.6) is 11.5 Å². The number of halogens is 1. The van der Waals surface area contributed by atoms with Crippen LogP contribution in [-0.2, 0) is 13.0 Å². The molecule has 0 amide bonds. The molecule has 6 nitrogen and oxygen atoms in total. The lowest BCUT2D eigenvalue weighted by atomic mass is 10.1. The summed E-state index contributed by atoms with van der Waals surface area (Å²) in [6, 6.07) is 15.6. The van der Waals surface area contributed by atoms with Crippen molar-refractivity contribution in [3.63, 3.8) is 0 Å². The smallest absolute Gasteiger partial charge is 0.172 e. The van der Waals surface area contributed by atoms with E-state index in [4.69, 9.17) is 33.3 Å². The van der Waals surface area contributed by atoms with Crippen molar-refractivity contribution in [3.8, 4) is 11.5 Å². The van der Waals surface area contributed by atoms with Crippen LogP contribution >= 0.6 is 23.8 Å². The van der Waals surface area contributed by atoms with Crippen LogP contribution in [0.2, 0.25) is 5.02 Å². The number of hydrogen-bond acceptors (Lipinski definition) is 4. The molecule has 1 heterocycles. The van der Waals surface area contributed by atoms with Crippen molar-refractivity contribution in [2.75, 3.05) is 25.1 Å². The highest BCUT2D eigenvalue weighted by atomic mass is 35.5. The standard InChI is InChI=1S/C23H27ClN4O2S/c1-3-29-20-10-9-17(15-21(20)30-4-2)11-13-25-23(31)26-22-12-14-28(27-22)16-18-7-5-6-8-19(18)24/h5-10,12,14-15H,3-4,11,13,16H2,1-2H3,(H2,25,26,27,31). The monoisotopic (exact) mass is 458 g/mol. The lowest BCUT2D eigenvalue weighted by Crippen LogP contribution is -2.30. The number of ether oxygens (including phenoxy) is 2. The summed E-state index contributed by atoms with van der Waals surface area (Å²) >= 11 is 11.6. The van der Waals surface area contributed by atoms with Gasteiger partial charge in [0, 0.05) is 23.8 Å². The Labute approximate surface area is 193 Å². The second-order valence-corrected chi connectivity index (χ2v) is 7.58. The van der Waals surface area contributed by atoms with Gasteiger partial charge in [0.05, 0.1) is 19.8 Å². The van der Waals surface area contributed by atoms with Crippen molar-refractivity contribution < 1.29 is 9.47 Å². The summed E-state index contributed by atoms with van der Waals surface area (Å²) in [6.45, 7) is 6.41. The SMILES string of the molecule is CCOc1ccc(CCNC(=S)Nc2ccn(Cc3ccccc3Cl)n2)cc1OCC. The Hall–Kier alpha value is -2.77. The minimum absolute atomic E-state index is 0.527. The van der Waals surface area contributed by atoms with Crippen molar-refractivity contribution in [2.45, 2.75) is 26.8 Å². The van der Waals surface area contributed by atoms with E-state index in [0.29, 0.717) is 37.2 Å². The molecule has 0 bridgehead atoms. The molecule has 0 saturated carbocycles. The molecule has 0 aliphatic rings. The molecule has 0 aliphatic heterocycles. The zero-order chi connectivity index (χ0) is 22.1. The zero-order valence-electron chi connectivity index (χ0n) is 17.7. The molecule has 2 aromatic carbocycles. The summed E-state index contributed by atoms with van der Waals surface area (Å²) in [5.41, 5.74) is 2.16. The van der Waals surface area contributed by atoms with Gasteiger partial charge in [-0.1, -0.05) is 35.9 Å². The van der Waals surface area contributed by atoms with Crippen molar-refractivity contribution >= 4 is 34.7 Å². The number of benzene rings is 2. The fraction of sp³-hybridized carbons (Fsp3) is 0.304. The van der Waals surface area contributed by atoms with E-state index < -0.39 is 0 Å². The van der Waals surface area contributed by atoms with Crippen LogP contribution in [0, 0.1) is 0 Å². The van der Waals surface area contributed by atoms with Gasteiger partial charge in [-0.25, -0.2) is 0 Å². The molecule has 0 unspecified atom stereocenters. The van der Waals surface area contributed by atoms with Gasteiger partial charge in [-0.2, -0.15) is 5.10 Å². The van der Waals surface area contributed by atoms with Gasteiger partial charge in [-0.05, 0) is 61.8 Å². The molecule has 0 fully saturated rings. The maximum atomic E-state index is 6.22. The Balaban J connectivity index is 1.48.